The van der Waals surface area contributed by atoms with Crippen LogP contribution in [0.25, 0.3) is 0 Å². The monoisotopic (exact) mass is 418 g/mol. The summed E-state index contributed by atoms with van der Waals surface area (Å²) < 4.78 is 7.38. The maximum Gasteiger partial charge on any atom is 0.225 e. The van der Waals surface area contributed by atoms with Gasteiger partial charge in [-0.1, -0.05) is 13.8 Å². The fraction of sp³-hybridized carbons (Fsp3) is 0.773. The second-order valence-electron chi connectivity index (χ2n) is 8.07. The molecular weight excluding hydrogens is 380 g/mol. The normalized spacial score (nSPS) is 18.7. The molecule has 0 aliphatic carbocycles. The molecule has 1 aromatic rings. The number of amides is 1. The molecule has 168 valence electrons. The van der Waals surface area contributed by atoms with Crippen molar-refractivity contribution in [3.63, 3.8) is 0 Å². The van der Waals surface area contributed by atoms with E-state index in [0.29, 0.717) is 25.7 Å². The average molecular weight is 419 g/mol. The van der Waals surface area contributed by atoms with Gasteiger partial charge in [-0.3, -0.25) is 9.48 Å². The molecule has 3 heterocycles. The first kappa shape index (κ1) is 22.6. The highest BCUT2D eigenvalue weighted by atomic mass is 16.5. The Morgan fingerprint density at radius 1 is 1.10 bits per heavy atom. The summed E-state index contributed by atoms with van der Waals surface area (Å²) in [5.41, 5.74) is 3.67. The summed E-state index contributed by atoms with van der Waals surface area (Å²) >= 11 is 0. The van der Waals surface area contributed by atoms with Crippen LogP contribution in [-0.4, -0.2) is 77.4 Å². The molecule has 1 amide bonds. The molecule has 2 saturated heterocycles. The summed E-state index contributed by atoms with van der Waals surface area (Å²) in [6, 6.07) is 0. The first-order valence-corrected chi connectivity index (χ1v) is 11.5. The molecule has 0 aromatic carbocycles. The van der Waals surface area contributed by atoms with Crippen molar-refractivity contribution in [2.45, 2.75) is 53.0 Å². The van der Waals surface area contributed by atoms with E-state index in [0.717, 1.165) is 70.1 Å². The molecule has 1 N–H and O–H groups in total. The number of likely N-dealkylation sites (tertiary alicyclic amines) is 1. The molecule has 0 bridgehead atoms. The molecule has 8 nitrogen and oxygen atoms in total. The first-order valence-electron chi connectivity index (χ1n) is 11.5. The van der Waals surface area contributed by atoms with Gasteiger partial charge in [0.15, 0.2) is 5.96 Å². The molecular formula is C22H38N6O2. The molecule has 30 heavy (non-hydrogen) atoms. The highest BCUT2D eigenvalue weighted by molar-refractivity contribution is 5.82. The molecule has 2 fully saturated rings. The zero-order valence-electron chi connectivity index (χ0n) is 19.1. The number of ether oxygens (including phenoxy) is 1. The zero-order chi connectivity index (χ0) is 21.5. The topological polar surface area (TPSA) is 75.0 Å². The van der Waals surface area contributed by atoms with E-state index in [1.807, 2.05) is 16.6 Å². The minimum atomic E-state index is 0.124. The van der Waals surface area contributed by atoms with Crippen LogP contribution >= 0.6 is 0 Å². The number of guanidine groups is 1. The summed E-state index contributed by atoms with van der Waals surface area (Å²) in [5.74, 6) is 1.37. The summed E-state index contributed by atoms with van der Waals surface area (Å²) in [6.07, 6.45) is 3.64. The fourth-order valence-corrected chi connectivity index (χ4v) is 4.53. The van der Waals surface area contributed by atoms with E-state index in [1.54, 1.807) is 0 Å². The van der Waals surface area contributed by atoms with Crippen molar-refractivity contribution in [3.8, 4) is 0 Å². The van der Waals surface area contributed by atoms with Crippen molar-refractivity contribution in [1.82, 2.24) is 24.9 Å². The minimum absolute atomic E-state index is 0.124. The van der Waals surface area contributed by atoms with E-state index in [-0.39, 0.29) is 5.92 Å². The Kier molecular flexibility index (Phi) is 8.13. The van der Waals surface area contributed by atoms with Gasteiger partial charge >= 0.3 is 0 Å². The largest absolute Gasteiger partial charge is 0.378 e. The Balaban J connectivity index is 1.64. The van der Waals surface area contributed by atoms with Gasteiger partial charge in [0.05, 0.1) is 25.5 Å². The van der Waals surface area contributed by atoms with Crippen LogP contribution in [0.2, 0.25) is 0 Å². The van der Waals surface area contributed by atoms with Crippen LogP contribution in [-0.2, 0) is 36.0 Å². The minimum Gasteiger partial charge on any atom is -0.378 e. The summed E-state index contributed by atoms with van der Waals surface area (Å²) in [4.78, 5) is 22.1. The highest BCUT2D eigenvalue weighted by Gasteiger charge is 2.30. The Labute approximate surface area is 180 Å². The maximum atomic E-state index is 12.8. The Hall–Kier alpha value is -2.09. The van der Waals surface area contributed by atoms with Gasteiger partial charge in [-0.05, 0) is 32.6 Å². The number of aliphatic imine (C=N–C) groups is 1. The second-order valence-corrected chi connectivity index (χ2v) is 8.07. The van der Waals surface area contributed by atoms with Crippen molar-refractivity contribution in [2.75, 3.05) is 45.9 Å². The third-order valence-electron chi connectivity index (χ3n) is 6.22. The number of nitrogens with one attached hydrogen (secondary N) is 1. The standard InChI is InChI=1S/C22H38N6O2/c1-5-19-18(20(6-2)26(4)25-19)16-24-22(23-7-3)28-10-8-17(9-11-28)21(29)27-12-14-30-15-13-27/h17H,5-16H2,1-4H3,(H,23,24). The average Bonchev–Trinajstić information content (AvgIpc) is 3.11. The van der Waals surface area contributed by atoms with Gasteiger partial charge in [0.2, 0.25) is 5.91 Å². The molecule has 0 unspecified atom stereocenters. The molecule has 8 heteroatoms. The zero-order valence-corrected chi connectivity index (χ0v) is 19.1. The van der Waals surface area contributed by atoms with Gasteiger partial charge in [-0.2, -0.15) is 5.10 Å². The summed E-state index contributed by atoms with van der Waals surface area (Å²) in [5, 5.41) is 8.12. The van der Waals surface area contributed by atoms with E-state index in [2.05, 4.69) is 36.1 Å². The van der Waals surface area contributed by atoms with E-state index < -0.39 is 0 Å². The van der Waals surface area contributed by atoms with Crippen LogP contribution in [0.3, 0.4) is 0 Å². The number of aromatic nitrogens is 2. The lowest BCUT2D eigenvalue weighted by atomic mass is 9.95. The predicted molar refractivity (Wildman–Crippen MR) is 118 cm³/mol. The SMILES string of the molecule is CCNC(=NCc1c(CC)nn(C)c1CC)N1CCC(C(=O)N2CCOCC2)CC1. The Morgan fingerprint density at radius 2 is 1.80 bits per heavy atom. The van der Waals surface area contributed by atoms with Crippen LogP contribution in [0.15, 0.2) is 4.99 Å². The maximum absolute atomic E-state index is 12.8. The number of aryl methyl sites for hydroxylation is 2. The van der Waals surface area contributed by atoms with Crippen molar-refractivity contribution >= 4 is 11.9 Å². The number of carbonyl (C=O) groups is 1. The fourth-order valence-electron chi connectivity index (χ4n) is 4.53. The van der Waals surface area contributed by atoms with Crippen molar-refractivity contribution in [1.29, 1.82) is 0 Å². The molecule has 0 radical (unpaired) electrons. The predicted octanol–water partition coefficient (Wildman–Crippen LogP) is 1.58. The van der Waals surface area contributed by atoms with Gasteiger partial charge in [0.1, 0.15) is 0 Å². The molecule has 0 spiro atoms. The van der Waals surface area contributed by atoms with Gasteiger partial charge in [-0.15, -0.1) is 0 Å². The van der Waals surface area contributed by atoms with Crippen LogP contribution in [0.4, 0.5) is 0 Å². The van der Waals surface area contributed by atoms with Gasteiger partial charge < -0.3 is 19.9 Å². The summed E-state index contributed by atoms with van der Waals surface area (Å²) in [6.45, 7) is 12.4. The van der Waals surface area contributed by atoms with Crippen LogP contribution in [0.1, 0.15) is 50.6 Å². The number of hydrogen-bond acceptors (Lipinski definition) is 4. The van der Waals surface area contributed by atoms with Crippen molar-refractivity contribution in [2.24, 2.45) is 18.0 Å². The number of rotatable bonds is 6. The number of piperidine rings is 1. The van der Waals surface area contributed by atoms with Crippen LogP contribution in [0, 0.1) is 5.92 Å². The van der Waals surface area contributed by atoms with Gasteiger partial charge in [0, 0.05) is 56.9 Å². The van der Waals surface area contributed by atoms with Gasteiger partial charge in [0.25, 0.3) is 0 Å². The lowest BCUT2D eigenvalue weighted by Gasteiger charge is -2.36. The lowest BCUT2D eigenvalue weighted by molar-refractivity contribution is -0.140. The van der Waals surface area contributed by atoms with E-state index >= 15 is 0 Å². The van der Waals surface area contributed by atoms with Crippen LogP contribution < -0.4 is 5.32 Å². The number of nitrogens with zero attached hydrogens (tertiary/aromatic N) is 5. The third kappa shape index (κ3) is 5.14. The number of hydrogen-bond donors (Lipinski definition) is 1. The molecule has 0 saturated carbocycles. The molecule has 1 aromatic heterocycles. The summed E-state index contributed by atoms with van der Waals surface area (Å²) in [7, 11) is 2.02. The quantitative estimate of drug-likeness (QED) is 0.561. The second kappa shape index (κ2) is 10.8. The number of carbonyl (C=O) groups excluding carboxylic acids is 1. The lowest BCUT2D eigenvalue weighted by Crippen LogP contribution is -2.50. The van der Waals surface area contributed by atoms with Crippen LogP contribution in [0.5, 0.6) is 0 Å². The Morgan fingerprint density at radius 3 is 2.40 bits per heavy atom. The van der Waals surface area contributed by atoms with Crippen molar-refractivity contribution in [3.05, 3.63) is 17.0 Å². The molecule has 0 atom stereocenters. The first-order chi connectivity index (χ1) is 14.6. The molecule has 2 aliphatic rings. The van der Waals surface area contributed by atoms with Gasteiger partial charge in [-0.25, -0.2) is 4.99 Å². The smallest absolute Gasteiger partial charge is 0.225 e. The van der Waals surface area contributed by atoms with E-state index in [4.69, 9.17) is 9.73 Å². The molecule has 2 aliphatic heterocycles. The van der Waals surface area contributed by atoms with Crippen molar-refractivity contribution < 1.29 is 9.53 Å². The third-order valence-corrected chi connectivity index (χ3v) is 6.22. The molecule has 3 rings (SSSR count). The Bertz CT molecular complexity index is 730. The van der Waals surface area contributed by atoms with E-state index in [9.17, 15) is 4.79 Å². The highest BCUT2D eigenvalue weighted by Crippen LogP contribution is 2.21. The number of morpholine rings is 1. The van der Waals surface area contributed by atoms with E-state index in [1.165, 1.54) is 11.3 Å².